The molecule has 0 spiro atoms. The Kier molecular flexibility index (Phi) is 3.90. The van der Waals surface area contributed by atoms with Gasteiger partial charge in [0.05, 0.1) is 12.2 Å². The highest BCUT2D eigenvalue weighted by molar-refractivity contribution is 4.93. The van der Waals surface area contributed by atoms with E-state index in [4.69, 9.17) is 5.73 Å². The Morgan fingerprint density at radius 1 is 1.56 bits per heavy atom. The van der Waals surface area contributed by atoms with Gasteiger partial charge in [0.2, 0.25) is 0 Å². The molecular formula is C11H21N5. The number of hydrogen-bond acceptors (Lipinski definition) is 4. The molecule has 5 nitrogen and oxygen atoms in total. The smallest absolute Gasteiger partial charge is 0.0967 e. The molecule has 0 amide bonds. The van der Waals surface area contributed by atoms with E-state index in [1.165, 1.54) is 25.9 Å². The quantitative estimate of drug-likeness (QED) is 0.788. The zero-order valence-corrected chi connectivity index (χ0v) is 9.97. The van der Waals surface area contributed by atoms with E-state index < -0.39 is 0 Å². The van der Waals surface area contributed by atoms with E-state index in [-0.39, 0.29) is 0 Å². The Balaban J connectivity index is 1.84. The number of aromatic nitrogens is 3. The van der Waals surface area contributed by atoms with E-state index in [0.717, 1.165) is 24.7 Å². The third-order valence-corrected chi connectivity index (χ3v) is 3.28. The molecule has 2 N–H and O–H groups in total. The van der Waals surface area contributed by atoms with Crippen LogP contribution < -0.4 is 5.73 Å². The van der Waals surface area contributed by atoms with Gasteiger partial charge in [0.25, 0.3) is 0 Å². The maximum atomic E-state index is 5.47. The Hall–Kier alpha value is -0.940. The Labute approximate surface area is 96.6 Å². The molecule has 1 aliphatic rings. The minimum absolute atomic E-state index is 0.615. The van der Waals surface area contributed by atoms with Crippen LogP contribution in [0.5, 0.6) is 0 Å². The van der Waals surface area contributed by atoms with Crippen LogP contribution in [-0.4, -0.2) is 39.5 Å². The molecule has 0 aromatic carbocycles. The molecule has 5 heteroatoms. The molecule has 2 rings (SSSR count). The summed E-state index contributed by atoms with van der Waals surface area (Å²) in [6.07, 6.45) is 4.62. The van der Waals surface area contributed by atoms with Crippen LogP contribution in [0.4, 0.5) is 0 Å². The molecule has 16 heavy (non-hydrogen) atoms. The summed E-state index contributed by atoms with van der Waals surface area (Å²) in [5, 5.41) is 8.21. The predicted molar refractivity (Wildman–Crippen MR) is 62.8 cm³/mol. The lowest BCUT2D eigenvalue weighted by molar-refractivity contribution is 0.311. The fraction of sp³-hybridized carbons (Fsp3) is 0.818. The first kappa shape index (κ1) is 11.5. The van der Waals surface area contributed by atoms with Gasteiger partial charge in [-0.3, -0.25) is 9.58 Å². The van der Waals surface area contributed by atoms with Crippen LogP contribution in [-0.2, 0) is 13.1 Å². The lowest BCUT2D eigenvalue weighted by atomic mass is 10.1. The van der Waals surface area contributed by atoms with Crippen molar-refractivity contribution in [2.24, 2.45) is 11.7 Å². The maximum Gasteiger partial charge on any atom is 0.0967 e. The molecule has 0 bridgehead atoms. The molecule has 0 aliphatic carbocycles. The zero-order valence-electron chi connectivity index (χ0n) is 9.97. The van der Waals surface area contributed by atoms with E-state index in [1.54, 1.807) is 0 Å². The van der Waals surface area contributed by atoms with Gasteiger partial charge in [-0.15, -0.1) is 5.10 Å². The molecule has 1 aromatic rings. The number of likely N-dealkylation sites (tertiary alicyclic amines) is 1. The summed E-state index contributed by atoms with van der Waals surface area (Å²) in [6.45, 7) is 6.98. The van der Waals surface area contributed by atoms with Crippen molar-refractivity contribution in [1.29, 1.82) is 0 Å². The average molecular weight is 223 g/mol. The van der Waals surface area contributed by atoms with E-state index >= 15 is 0 Å². The van der Waals surface area contributed by atoms with Crippen LogP contribution in [0.1, 0.15) is 25.5 Å². The van der Waals surface area contributed by atoms with Gasteiger partial charge in [0.15, 0.2) is 0 Å². The Morgan fingerprint density at radius 3 is 3.12 bits per heavy atom. The first-order valence-corrected chi connectivity index (χ1v) is 6.13. The molecule has 1 fully saturated rings. The minimum atomic E-state index is 0.615. The van der Waals surface area contributed by atoms with Crippen molar-refractivity contribution in [2.75, 3.05) is 19.6 Å². The van der Waals surface area contributed by atoms with Crippen LogP contribution in [0.3, 0.4) is 0 Å². The highest BCUT2D eigenvalue weighted by Crippen LogP contribution is 2.20. The van der Waals surface area contributed by atoms with E-state index in [9.17, 15) is 0 Å². The summed E-state index contributed by atoms with van der Waals surface area (Å²) < 4.78 is 1.82. The number of nitrogens with two attached hydrogens (primary N) is 1. The monoisotopic (exact) mass is 223 g/mol. The van der Waals surface area contributed by atoms with Crippen LogP contribution in [0, 0.1) is 5.92 Å². The van der Waals surface area contributed by atoms with Crippen LogP contribution >= 0.6 is 0 Å². The van der Waals surface area contributed by atoms with Crippen LogP contribution in [0.25, 0.3) is 0 Å². The van der Waals surface area contributed by atoms with Gasteiger partial charge in [0.1, 0.15) is 0 Å². The molecular weight excluding hydrogens is 202 g/mol. The highest BCUT2D eigenvalue weighted by Gasteiger charge is 2.21. The summed E-state index contributed by atoms with van der Waals surface area (Å²) in [6, 6.07) is 0. The minimum Gasteiger partial charge on any atom is -0.329 e. The normalized spacial score (nSPS) is 21.8. The standard InChI is InChI=1S/C11H21N5/c1-2-10-3-5-15(7-10)8-11-9-16(6-4-12)14-13-11/h9-10H,2-8,12H2,1H3. The number of hydrogen-bond donors (Lipinski definition) is 1. The molecule has 1 aliphatic heterocycles. The fourth-order valence-electron chi connectivity index (χ4n) is 2.27. The number of rotatable bonds is 5. The van der Waals surface area contributed by atoms with Crippen molar-refractivity contribution in [3.05, 3.63) is 11.9 Å². The summed E-state index contributed by atoms with van der Waals surface area (Å²) in [4.78, 5) is 2.46. The molecule has 0 saturated carbocycles. The van der Waals surface area contributed by atoms with Gasteiger partial charge in [-0.25, -0.2) is 0 Å². The highest BCUT2D eigenvalue weighted by atomic mass is 15.4. The second-order valence-electron chi connectivity index (χ2n) is 4.56. The predicted octanol–water partition coefficient (Wildman–Crippen LogP) is 0.469. The summed E-state index contributed by atoms with van der Waals surface area (Å²) in [7, 11) is 0. The molecule has 90 valence electrons. The van der Waals surface area contributed by atoms with Gasteiger partial charge in [-0.2, -0.15) is 0 Å². The van der Waals surface area contributed by atoms with Gasteiger partial charge in [-0.05, 0) is 18.9 Å². The zero-order chi connectivity index (χ0) is 11.4. The molecule has 0 radical (unpaired) electrons. The molecule has 1 atom stereocenters. The van der Waals surface area contributed by atoms with Gasteiger partial charge in [-0.1, -0.05) is 18.6 Å². The SMILES string of the molecule is CCC1CCN(Cc2cn(CCN)nn2)C1. The van der Waals surface area contributed by atoms with Gasteiger partial charge >= 0.3 is 0 Å². The summed E-state index contributed by atoms with van der Waals surface area (Å²) >= 11 is 0. The topological polar surface area (TPSA) is 60.0 Å². The second kappa shape index (κ2) is 5.41. The van der Waals surface area contributed by atoms with Crippen LogP contribution in [0.15, 0.2) is 6.20 Å². The second-order valence-corrected chi connectivity index (χ2v) is 4.56. The van der Waals surface area contributed by atoms with Crippen LogP contribution in [0.2, 0.25) is 0 Å². The largest absolute Gasteiger partial charge is 0.329 e. The molecule has 2 heterocycles. The van der Waals surface area contributed by atoms with Crippen molar-refractivity contribution in [3.63, 3.8) is 0 Å². The first-order chi connectivity index (χ1) is 7.81. The maximum absolute atomic E-state index is 5.47. The van der Waals surface area contributed by atoms with E-state index in [2.05, 4.69) is 22.1 Å². The fourth-order valence-corrected chi connectivity index (χ4v) is 2.27. The average Bonchev–Trinajstić information content (AvgIpc) is 2.89. The van der Waals surface area contributed by atoms with Gasteiger partial charge < -0.3 is 5.73 Å². The van der Waals surface area contributed by atoms with Crippen molar-refractivity contribution < 1.29 is 0 Å². The molecule has 1 unspecified atom stereocenters. The van der Waals surface area contributed by atoms with Gasteiger partial charge in [0, 0.05) is 25.8 Å². The third kappa shape index (κ3) is 2.80. The van der Waals surface area contributed by atoms with E-state index in [0.29, 0.717) is 6.54 Å². The first-order valence-electron chi connectivity index (χ1n) is 6.13. The third-order valence-electron chi connectivity index (χ3n) is 3.28. The van der Waals surface area contributed by atoms with Crippen molar-refractivity contribution >= 4 is 0 Å². The van der Waals surface area contributed by atoms with E-state index in [1.807, 2.05) is 10.9 Å². The molecule has 1 aromatic heterocycles. The van der Waals surface area contributed by atoms with Crippen molar-refractivity contribution in [1.82, 2.24) is 19.9 Å². The lowest BCUT2D eigenvalue weighted by Crippen LogP contribution is -2.20. The number of nitrogens with zero attached hydrogens (tertiary/aromatic N) is 4. The molecule has 1 saturated heterocycles. The Morgan fingerprint density at radius 2 is 2.44 bits per heavy atom. The Bertz CT molecular complexity index is 322. The summed E-state index contributed by atoms with van der Waals surface area (Å²) in [5.41, 5.74) is 6.53. The summed E-state index contributed by atoms with van der Waals surface area (Å²) in [5.74, 6) is 0.874. The van der Waals surface area contributed by atoms with Crippen molar-refractivity contribution in [3.8, 4) is 0 Å². The van der Waals surface area contributed by atoms with Crippen molar-refractivity contribution in [2.45, 2.75) is 32.9 Å². The lowest BCUT2D eigenvalue weighted by Gasteiger charge is -2.13.